The second-order valence-corrected chi connectivity index (χ2v) is 5.95. The Morgan fingerprint density at radius 1 is 1.12 bits per heavy atom. The molecule has 136 valence electrons. The third kappa shape index (κ3) is 8.20. The molecule has 0 atom stereocenters. The highest BCUT2D eigenvalue weighted by molar-refractivity contribution is 14.0. The summed E-state index contributed by atoms with van der Waals surface area (Å²) in [5.41, 5.74) is 2.09. The predicted octanol–water partition coefficient (Wildman–Crippen LogP) is 3.60. The van der Waals surface area contributed by atoms with Gasteiger partial charge in [0.15, 0.2) is 5.96 Å². The van der Waals surface area contributed by atoms with Crippen molar-refractivity contribution in [1.29, 1.82) is 0 Å². The van der Waals surface area contributed by atoms with Crippen molar-refractivity contribution in [3.8, 4) is 5.75 Å². The number of aromatic nitrogens is 1. The van der Waals surface area contributed by atoms with Gasteiger partial charge in [-0.2, -0.15) is 0 Å². The average molecular weight is 454 g/mol. The fourth-order valence-electron chi connectivity index (χ4n) is 2.05. The molecular formula is C19H27IN4O. The quantitative estimate of drug-likeness (QED) is 0.382. The SMILES string of the molecule is CN=C(NCc1ccc(OCc2ccccn2)cc1)NCC(C)C.I. The second kappa shape index (κ2) is 11.7. The molecule has 2 rings (SSSR count). The first-order valence-electron chi connectivity index (χ1n) is 8.23. The highest BCUT2D eigenvalue weighted by Crippen LogP contribution is 2.13. The van der Waals surface area contributed by atoms with Gasteiger partial charge in [-0.05, 0) is 35.7 Å². The van der Waals surface area contributed by atoms with Gasteiger partial charge in [-0.1, -0.05) is 32.0 Å². The Morgan fingerprint density at radius 2 is 1.88 bits per heavy atom. The monoisotopic (exact) mass is 454 g/mol. The fourth-order valence-corrected chi connectivity index (χ4v) is 2.05. The van der Waals surface area contributed by atoms with Crippen LogP contribution in [-0.2, 0) is 13.2 Å². The summed E-state index contributed by atoms with van der Waals surface area (Å²) in [6.07, 6.45) is 1.77. The van der Waals surface area contributed by atoms with Crippen molar-refractivity contribution in [2.75, 3.05) is 13.6 Å². The number of halogens is 1. The molecule has 0 bridgehead atoms. The van der Waals surface area contributed by atoms with Crippen LogP contribution >= 0.6 is 24.0 Å². The van der Waals surface area contributed by atoms with Crippen LogP contribution in [0.3, 0.4) is 0 Å². The zero-order valence-corrected chi connectivity index (χ0v) is 17.4. The lowest BCUT2D eigenvalue weighted by Gasteiger charge is -2.13. The Bertz CT molecular complexity index is 630. The number of aliphatic imine (C=N–C) groups is 1. The normalized spacial score (nSPS) is 11.0. The molecule has 0 saturated carbocycles. The van der Waals surface area contributed by atoms with E-state index in [0.717, 1.165) is 30.5 Å². The maximum Gasteiger partial charge on any atom is 0.191 e. The summed E-state index contributed by atoms with van der Waals surface area (Å²) in [4.78, 5) is 8.46. The van der Waals surface area contributed by atoms with Gasteiger partial charge in [-0.3, -0.25) is 9.98 Å². The van der Waals surface area contributed by atoms with E-state index in [-0.39, 0.29) is 24.0 Å². The van der Waals surface area contributed by atoms with Crippen LogP contribution in [0.5, 0.6) is 5.75 Å². The van der Waals surface area contributed by atoms with E-state index in [1.54, 1.807) is 13.2 Å². The Morgan fingerprint density at radius 3 is 2.48 bits per heavy atom. The van der Waals surface area contributed by atoms with Crippen molar-refractivity contribution in [3.63, 3.8) is 0 Å². The van der Waals surface area contributed by atoms with E-state index in [1.165, 1.54) is 5.56 Å². The summed E-state index contributed by atoms with van der Waals surface area (Å²) in [5.74, 6) is 2.24. The van der Waals surface area contributed by atoms with E-state index >= 15 is 0 Å². The number of hydrogen-bond acceptors (Lipinski definition) is 3. The maximum absolute atomic E-state index is 5.74. The summed E-state index contributed by atoms with van der Waals surface area (Å²) in [7, 11) is 1.78. The van der Waals surface area contributed by atoms with Crippen LogP contribution in [0.2, 0.25) is 0 Å². The number of guanidine groups is 1. The largest absolute Gasteiger partial charge is 0.487 e. The van der Waals surface area contributed by atoms with Gasteiger partial charge in [-0.25, -0.2) is 0 Å². The van der Waals surface area contributed by atoms with Gasteiger partial charge < -0.3 is 15.4 Å². The van der Waals surface area contributed by atoms with E-state index in [2.05, 4.69) is 46.6 Å². The first-order valence-corrected chi connectivity index (χ1v) is 8.23. The van der Waals surface area contributed by atoms with Crippen LogP contribution in [0, 0.1) is 5.92 Å². The Balaban J connectivity index is 0.00000312. The number of nitrogens with zero attached hydrogens (tertiary/aromatic N) is 2. The molecule has 5 nitrogen and oxygen atoms in total. The fraction of sp³-hybridized carbons (Fsp3) is 0.368. The van der Waals surface area contributed by atoms with Gasteiger partial charge in [0, 0.05) is 26.3 Å². The molecule has 1 aromatic heterocycles. The molecular weight excluding hydrogens is 427 g/mol. The van der Waals surface area contributed by atoms with E-state index < -0.39 is 0 Å². The lowest BCUT2D eigenvalue weighted by atomic mass is 10.2. The minimum atomic E-state index is 0. The third-order valence-electron chi connectivity index (χ3n) is 3.40. The molecule has 0 fully saturated rings. The molecule has 1 aromatic carbocycles. The molecule has 0 aliphatic rings. The second-order valence-electron chi connectivity index (χ2n) is 5.95. The summed E-state index contributed by atoms with van der Waals surface area (Å²) in [5, 5.41) is 6.60. The molecule has 0 spiro atoms. The van der Waals surface area contributed by atoms with Crippen molar-refractivity contribution < 1.29 is 4.74 Å². The van der Waals surface area contributed by atoms with Crippen LogP contribution in [0.4, 0.5) is 0 Å². The maximum atomic E-state index is 5.74. The minimum Gasteiger partial charge on any atom is -0.487 e. The van der Waals surface area contributed by atoms with Gasteiger partial charge in [0.25, 0.3) is 0 Å². The molecule has 0 radical (unpaired) electrons. The molecule has 2 aromatic rings. The summed E-state index contributed by atoms with van der Waals surface area (Å²) >= 11 is 0. The topological polar surface area (TPSA) is 58.5 Å². The summed E-state index contributed by atoms with van der Waals surface area (Å²) in [6, 6.07) is 13.9. The number of rotatable bonds is 7. The Kier molecular flexibility index (Phi) is 9.91. The smallest absolute Gasteiger partial charge is 0.191 e. The van der Waals surface area contributed by atoms with Crippen LogP contribution in [0.15, 0.2) is 53.7 Å². The highest BCUT2D eigenvalue weighted by Gasteiger charge is 2.01. The van der Waals surface area contributed by atoms with E-state index in [1.807, 2.05) is 30.3 Å². The molecule has 0 aliphatic heterocycles. The summed E-state index contributed by atoms with van der Waals surface area (Å²) in [6.45, 7) is 6.44. The molecule has 2 N–H and O–H groups in total. The van der Waals surface area contributed by atoms with Crippen LogP contribution in [0.25, 0.3) is 0 Å². The molecule has 0 amide bonds. The van der Waals surface area contributed by atoms with Gasteiger partial charge in [0.05, 0.1) is 5.69 Å². The molecule has 25 heavy (non-hydrogen) atoms. The highest BCUT2D eigenvalue weighted by atomic mass is 127. The van der Waals surface area contributed by atoms with Crippen molar-refractivity contribution in [2.45, 2.75) is 27.0 Å². The number of pyridine rings is 1. The van der Waals surface area contributed by atoms with E-state index in [0.29, 0.717) is 12.5 Å². The van der Waals surface area contributed by atoms with E-state index in [9.17, 15) is 0 Å². The zero-order chi connectivity index (χ0) is 17.2. The third-order valence-corrected chi connectivity index (χ3v) is 3.40. The zero-order valence-electron chi connectivity index (χ0n) is 15.0. The molecule has 0 aliphatic carbocycles. The van der Waals surface area contributed by atoms with Crippen molar-refractivity contribution in [3.05, 3.63) is 59.9 Å². The van der Waals surface area contributed by atoms with Crippen LogP contribution < -0.4 is 15.4 Å². The number of nitrogens with one attached hydrogen (secondary N) is 2. The number of ether oxygens (including phenoxy) is 1. The first kappa shape index (κ1) is 21.2. The lowest BCUT2D eigenvalue weighted by molar-refractivity contribution is 0.301. The van der Waals surface area contributed by atoms with Gasteiger partial charge >= 0.3 is 0 Å². The number of benzene rings is 1. The predicted molar refractivity (Wildman–Crippen MR) is 113 cm³/mol. The first-order chi connectivity index (χ1) is 11.7. The van der Waals surface area contributed by atoms with Crippen molar-refractivity contribution in [1.82, 2.24) is 15.6 Å². The van der Waals surface area contributed by atoms with Crippen molar-refractivity contribution >= 4 is 29.9 Å². The molecule has 1 heterocycles. The minimum absolute atomic E-state index is 0. The van der Waals surface area contributed by atoms with Crippen molar-refractivity contribution in [2.24, 2.45) is 10.9 Å². The van der Waals surface area contributed by atoms with Gasteiger partial charge in [0.2, 0.25) is 0 Å². The van der Waals surface area contributed by atoms with E-state index in [4.69, 9.17) is 4.74 Å². The Hall–Kier alpha value is -1.83. The van der Waals surface area contributed by atoms with Gasteiger partial charge in [0.1, 0.15) is 12.4 Å². The average Bonchev–Trinajstić information content (AvgIpc) is 2.62. The summed E-state index contributed by atoms with van der Waals surface area (Å²) < 4.78 is 5.74. The molecule has 0 unspecified atom stereocenters. The van der Waals surface area contributed by atoms with Gasteiger partial charge in [-0.15, -0.1) is 24.0 Å². The standard InChI is InChI=1S/C19H26N4O.HI/c1-15(2)12-22-19(20-3)23-13-16-7-9-18(10-8-16)24-14-17-6-4-5-11-21-17;/h4-11,15H,12-14H2,1-3H3,(H2,20,22,23);1H. The lowest BCUT2D eigenvalue weighted by Crippen LogP contribution is -2.38. The van der Waals surface area contributed by atoms with Crippen LogP contribution in [-0.4, -0.2) is 24.5 Å². The van der Waals surface area contributed by atoms with Crippen LogP contribution in [0.1, 0.15) is 25.1 Å². The number of hydrogen-bond donors (Lipinski definition) is 2. The molecule has 0 saturated heterocycles. The molecule has 6 heteroatoms. The Labute approximate surface area is 167 Å².